The van der Waals surface area contributed by atoms with Crippen LogP contribution in [0.25, 0.3) is 0 Å². The Morgan fingerprint density at radius 1 is 1.62 bits per heavy atom. The molecule has 1 N–H and O–H groups in total. The van der Waals surface area contributed by atoms with Gasteiger partial charge in [0.1, 0.15) is 9.21 Å². The van der Waals surface area contributed by atoms with Gasteiger partial charge in [-0.15, -0.1) is 0 Å². The summed E-state index contributed by atoms with van der Waals surface area (Å²) >= 11 is 6.34. The third-order valence-corrected chi connectivity index (χ3v) is 1.33. The summed E-state index contributed by atoms with van der Waals surface area (Å²) in [5, 5.41) is 6.45. The van der Waals surface area contributed by atoms with Crippen LogP contribution in [-0.4, -0.2) is 10.2 Å². The van der Waals surface area contributed by atoms with Crippen LogP contribution in [0.15, 0.2) is 15.3 Å². The molecule has 0 radical (unpaired) electrons. The van der Waals surface area contributed by atoms with E-state index in [1.54, 1.807) is 0 Å². The van der Waals surface area contributed by atoms with Crippen molar-refractivity contribution >= 4 is 31.9 Å². The Kier molecular flexibility index (Phi) is 4.65. The summed E-state index contributed by atoms with van der Waals surface area (Å²) < 4.78 is 1.71. The Bertz CT molecular complexity index is 152. The van der Waals surface area contributed by atoms with Gasteiger partial charge in [-0.3, -0.25) is 5.10 Å². The van der Waals surface area contributed by atoms with E-state index in [4.69, 9.17) is 0 Å². The second kappa shape index (κ2) is 4.06. The van der Waals surface area contributed by atoms with Crippen LogP contribution in [0, 0.1) is 0 Å². The van der Waals surface area contributed by atoms with Crippen LogP contribution in [-0.2, 0) is 0 Å². The second-order valence-corrected chi connectivity index (χ2v) is 2.71. The van der Waals surface area contributed by atoms with Crippen molar-refractivity contribution in [2.75, 3.05) is 0 Å². The zero-order valence-corrected chi connectivity index (χ0v) is 9.45. The number of halogens is 2. The smallest absolute Gasteiger partial charge is 1.00 e. The fourth-order valence-corrected chi connectivity index (χ4v) is 1.21. The van der Waals surface area contributed by atoms with E-state index in [-0.39, 0.29) is 31.0 Å². The molecule has 0 aliphatic carbocycles. The number of nitrogens with one attached hydrogen (secondary N) is 1. The first kappa shape index (κ1) is 9.17. The fourth-order valence-electron chi connectivity index (χ4n) is 0.276. The molecule has 0 aromatic carbocycles. The molecule has 5 heteroatoms. The summed E-state index contributed by atoms with van der Waals surface area (Å²) in [6.07, 6.45) is 0. The summed E-state index contributed by atoms with van der Waals surface area (Å²) in [5.41, 5.74) is 0. The Morgan fingerprint density at radius 2 is 2.25 bits per heavy atom. The Labute approximate surface area is 87.5 Å². The predicted octanol–water partition coefficient (Wildman–Crippen LogP) is -0.949. The molecule has 0 unspecified atom stereocenters. The molecule has 0 amide bonds. The van der Waals surface area contributed by atoms with Crippen molar-refractivity contribution in [3.05, 3.63) is 15.3 Å². The van der Waals surface area contributed by atoms with Gasteiger partial charge in [-0.1, -0.05) is 0 Å². The van der Waals surface area contributed by atoms with Gasteiger partial charge in [0, 0.05) is 6.07 Å². The Morgan fingerprint density at radius 3 is 2.38 bits per heavy atom. The average molecular weight is 250 g/mol. The minimum atomic E-state index is 0. The summed E-state index contributed by atoms with van der Waals surface area (Å²) in [6.45, 7) is 0. The van der Waals surface area contributed by atoms with Crippen molar-refractivity contribution in [2.45, 2.75) is 0 Å². The molecule has 0 aliphatic heterocycles. The molecule has 1 aromatic heterocycles. The molecule has 2 nitrogen and oxygen atoms in total. The van der Waals surface area contributed by atoms with E-state index >= 15 is 0 Å². The van der Waals surface area contributed by atoms with Crippen molar-refractivity contribution in [3.8, 4) is 0 Å². The van der Waals surface area contributed by atoms with E-state index < -0.39 is 0 Å². The van der Waals surface area contributed by atoms with Crippen LogP contribution in [0.2, 0.25) is 0 Å². The zero-order valence-electron chi connectivity index (χ0n) is 5.28. The summed E-state index contributed by atoms with van der Waals surface area (Å²) in [7, 11) is 0. The van der Waals surface area contributed by atoms with Gasteiger partial charge in [0.2, 0.25) is 0 Å². The van der Waals surface area contributed by atoms with E-state index in [9.17, 15) is 0 Å². The van der Waals surface area contributed by atoms with Gasteiger partial charge in [0.15, 0.2) is 0 Å². The molecule has 0 bridgehead atoms. The van der Waals surface area contributed by atoms with E-state index in [2.05, 4.69) is 42.1 Å². The zero-order chi connectivity index (χ0) is 5.28. The van der Waals surface area contributed by atoms with Crippen LogP contribution in [0.5, 0.6) is 0 Å². The number of hydrogen-bond donors (Lipinski definition) is 1. The molecule has 0 saturated heterocycles. The largest absolute Gasteiger partial charge is 1.00 e. The average Bonchev–Trinajstić information content (AvgIpc) is 1.87. The van der Waals surface area contributed by atoms with Crippen molar-refractivity contribution in [1.82, 2.24) is 10.2 Å². The summed E-state index contributed by atoms with van der Waals surface area (Å²) in [5.74, 6) is 0. The van der Waals surface area contributed by atoms with E-state index in [0.29, 0.717) is 0 Å². The van der Waals surface area contributed by atoms with Crippen molar-refractivity contribution in [1.29, 1.82) is 0 Å². The van der Waals surface area contributed by atoms with Crippen molar-refractivity contribution in [3.63, 3.8) is 0 Å². The van der Waals surface area contributed by atoms with Gasteiger partial charge in [0.05, 0.1) is 0 Å². The third-order valence-electron chi connectivity index (χ3n) is 0.515. The molecule has 8 heavy (non-hydrogen) atoms. The van der Waals surface area contributed by atoms with Gasteiger partial charge in [-0.25, -0.2) is 0 Å². The number of H-pyrrole nitrogens is 1. The van der Waals surface area contributed by atoms with E-state index in [1.165, 1.54) is 0 Å². The topological polar surface area (TPSA) is 28.7 Å². The quantitative estimate of drug-likeness (QED) is 0.591. The molecular formula is C3H3Br2N2Na. The minimum absolute atomic E-state index is 0. The first-order valence-corrected chi connectivity index (χ1v) is 3.24. The third kappa shape index (κ3) is 2.64. The number of hydrogen-bond acceptors (Lipinski definition) is 1. The maximum Gasteiger partial charge on any atom is 1.00 e. The molecule has 40 valence electrons. The SMILES string of the molecule is Brc1cc(Br)[nH]n1.[H-].[Na+]. The van der Waals surface area contributed by atoms with Gasteiger partial charge < -0.3 is 1.43 Å². The molecule has 0 atom stereocenters. The first-order chi connectivity index (χ1) is 3.29. The van der Waals surface area contributed by atoms with Crippen molar-refractivity contribution in [2.24, 2.45) is 0 Å². The van der Waals surface area contributed by atoms with E-state index in [0.717, 1.165) is 9.21 Å². The monoisotopic (exact) mass is 248 g/mol. The van der Waals surface area contributed by atoms with Crippen LogP contribution in [0.3, 0.4) is 0 Å². The normalized spacial score (nSPS) is 8.25. The second-order valence-electron chi connectivity index (χ2n) is 1.04. The maximum absolute atomic E-state index is 3.76. The predicted molar refractivity (Wildman–Crippen MR) is 35.1 cm³/mol. The van der Waals surface area contributed by atoms with Gasteiger partial charge in [-0.05, 0) is 31.9 Å². The molecule has 1 rings (SSSR count). The van der Waals surface area contributed by atoms with Crippen LogP contribution in [0.4, 0.5) is 0 Å². The molecule has 0 spiro atoms. The molecule has 0 saturated carbocycles. The molecule has 1 aromatic rings. The van der Waals surface area contributed by atoms with E-state index in [1.807, 2.05) is 6.07 Å². The Hall–Kier alpha value is 1.17. The fraction of sp³-hybridized carbons (Fsp3) is 0. The number of rotatable bonds is 0. The minimum Gasteiger partial charge on any atom is -1.00 e. The van der Waals surface area contributed by atoms with Gasteiger partial charge in [0.25, 0.3) is 0 Å². The standard InChI is InChI=1S/C3H2Br2N2.Na.H/c4-2-1-3(5)7-6-2;;/h1H,(H,6,7);;/q;+1;-1. The van der Waals surface area contributed by atoms with Gasteiger partial charge in [-0.2, -0.15) is 5.10 Å². The number of nitrogens with zero attached hydrogens (tertiary/aromatic N) is 1. The number of aromatic nitrogens is 2. The maximum atomic E-state index is 3.76. The molecule has 0 fully saturated rings. The van der Waals surface area contributed by atoms with Crippen LogP contribution >= 0.6 is 31.9 Å². The Balaban J connectivity index is 0. The van der Waals surface area contributed by atoms with Crippen molar-refractivity contribution < 1.29 is 31.0 Å². The molecular weight excluding hydrogens is 247 g/mol. The molecule has 1 heterocycles. The molecule has 0 aliphatic rings. The summed E-state index contributed by atoms with van der Waals surface area (Å²) in [4.78, 5) is 0. The number of aromatic amines is 1. The van der Waals surface area contributed by atoms with Gasteiger partial charge >= 0.3 is 29.6 Å². The first-order valence-electron chi connectivity index (χ1n) is 1.65. The summed E-state index contributed by atoms with van der Waals surface area (Å²) in [6, 6.07) is 1.83. The van der Waals surface area contributed by atoms with Crippen LogP contribution < -0.4 is 29.6 Å². The van der Waals surface area contributed by atoms with Crippen LogP contribution in [0.1, 0.15) is 1.43 Å².